The van der Waals surface area contributed by atoms with Crippen molar-refractivity contribution in [2.24, 2.45) is 5.92 Å². The van der Waals surface area contributed by atoms with Crippen molar-refractivity contribution in [3.8, 4) is 11.1 Å². The predicted octanol–water partition coefficient (Wildman–Crippen LogP) is 11.3. The molecule has 220 valence electrons. The first-order chi connectivity index (χ1) is 18.2. The van der Waals surface area contributed by atoms with E-state index in [1.165, 1.54) is 27.8 Å². The molecule has 0 radical (unpaired) electrons. The summed E-state index contributed by atoms with van der Waals surface area (Å²) in [6.07, 6.45) is 5.20. The van der Waals surface area contributed by atoms with Gasteiger partial charge < -0.3 is 0 Å². The summed E-state index contributed by atoms with van der Waals surface area (Å²) in [6.45, 7) is 21.6. The average Bonchev–Trinajstić information content (AvgIpc) is 3.44. The van der Waals surface area contributed by atoms with Gasteiger partial charge in [0.2, 0.25) is 0 Å². The first-order valence-electron chi connectivity index (χ1n) is 15.0. The zero-order chi connectivity index (χ0) is 28.5. The number of hydrogen-bond donors (Lipinski definition) is 0. The van der Waals surface area contributed by atoms with Gasteiger partial charge in [0, 0.05) is 0 Å². The van der Waals surface area contributed by atoms with E-state index < -0.39 is 17.4 Å². The Morgan fingerprint density at radius 3 is 1.90 bits per heavy atom. The summed E-state index contributed by atoms with van der Waals surface area (Å²) in [5.41, 5.74) is 16.8. The van der Waals surface area contributed by atoms with E-state index >= 15 is 0 Å². The zero-order valence-electron chi connectivity index (χ0n) is 26.8. The van der Waals surface area contributed by atoms with E-state index in [0.717, 1.165) is 0 Å². The van der Waals surface area contributed by atoms with E-state index in [0.29, 0.717) is 25.0 Å². The van der Waals surface area contributed by atoms with Crippen molar-refractivity contribution < 1.29 is 17.4 Å². The predicted molar refractivity (Wildman–Crippen MR) is 188 cm³/mol. The maximum Gasteiger partial charge on any atom is -0.147 e. The molecule has 0 fully saturated rings. The minimum absolute atomic E-state index is 0. The van der Waals surface area contributed by atoms with Crippen LogP contribution >= 0.6 is 24.8 Å². The van der Waals surface area contributed by atoms with E-state index in [2.05, 4.69) is 138 Å². The molecule has 0 spiro atoms. The molecule has 5 rings (SSSR count). The van der Waals surface area contributed by atoms with Crippen LogP contribution in [0.1, 0.15) is 106 Å². The molecule has 0 bridgehead atoms. The molecule has 2 atom stereocenters. The summed E-state index contributed by atoms with van der Waals surface area (Å²) in [5, 5.41) is 0. The number of hydrogen-bond acceptors (Lipinski definition) is 0. The van der Waals surface area contributed by atoms with Gasteiger partial charge in [0.05, 0.1) is 0 Å². The van der Waals surface area contributed by atoms with Crippen LogP contribution in [0.3, 0.4) is 0 Å². The van der Waals surface area contributed by atoms with Crippen molar-refractivity contribution in [3.05, 3.63) is 105 Å². The molecule has 0 saturated heterocycles. The number of rotatable bonds is 6. The summed E-state index contributed by atoms with van der Waals surface area (Å²) in [6, 6.07) is 20.9. The Morgan fingerprint density at radius 2 is 1.34 bits per heavy atom. The van der Waals surface area contributed by atoms with E-state index in [-0.39, 0.29) is 24.8 Å². The monoisotopic (exact) mass is 682 g/mol. The molecule has 0 aromatic heterocycles. The van der Waals surface area contributed by atoms with Crippen LogP contribution in [0, 0.1) is 12.8 Å². The van der Waals surface area contributed by atoms with Crippen LogP contribution in [-0.2, 0) is 17.4 Å². The average molecular weight is 685 g/mol. The summed E-state index contributed by atoms with van der Waals surface area (Å²) >= 11 is -3.62. The van der Waals surface area contributed by atoms with Gasteiger partial charge in [-0.15, -0.1) is 24.8 Å². The molecule has 0 N–H and O–H groups in total. The van der Waals surface area contributed by atoms with Gasteiger partial charge >= 0.3 is 242 Å². The zero-order valence-corrected chi connectivity index (χ0v) is 32.3. The smallest absolute Gasteiger partial charge is 0.147 e. The normalized spacial score (nSPS) is 18.1. The van der Waals surface area contributed by atoms with Gasteiger partial charge in [-0.2, -0.15) is 0 Å². The van der Waals surface area contributed by atoms with Crippen molar-refractivity contribution in [3.63, 3.8) is 0 Å². The standard InChI is InChI=1S/C18H25.C17H15.2CH3.2ClH.H2Si.Zr/c1-11(2)14-7-16-8-15(12(3)4)10-18(16)17(9-14)13(5)6;1-12-10-16-13(2)8-9-15(17(16)11-12)14-6-4-3-5-7-14;;;;;;/h7-13H,1-6H3;3-11H,1-2H3;2*1H3;2*1H;1H2;. The van der Waals surface area contributed by atoms with E-state index in [1.807, 2.05) is 0 Å². The molecule has 4 heteroatoms. The molecule has 0 aliphatic heterocycles. The minimum Gasteiger partial charge on any atom is -0.147 e. The van der Waals surface area contributed by atoms with Crippen LogP contribution in [0.15, 0.2) is 65.7 Å². The Kier molecular flexibility index (Phi) is 10.1. The number of allylic oxidation sites excluding steroid dienone is 2. The van der Waals surface area contributed by atoms with Crippen LogP contribution in [-0.4, -0.2) is 6.88 Å². The molecule has 0 nitrogen and oxygen atoms in total. The minimum atomic E-state index is -3.62. The third kappa shape index (κ3) is 5.73. The molecule has 0 amide bonds. The van der Waals surface area contributed by atoms with Crippen molar-refractivity contribution in [1.29, 1.82) is 0 Å². The number of aryl methyl sites for hydroxylation is 1. The van der Waals surface area contributed by atoms with Crippen molar-refractivity contribution in [2.45, 2.75) is 83.7 Å². The maximum atomic E-state index is 2.79. The summed E-state index contributed by atoms with van der Waals surface area (Å²) in [5.74, 6) is 1.61. The summed E-state index contributed by atoms with van der Waals surface area (Å²) < 4.78 is 6.69. The van der Waals surface area contributed by atoms with E-state index in [9.17, 15) is 0 Å². The molecule has 0 saturated carbocycles. The molecular formula is C37H50Cl2SiZr. The molecule has 2 aliphatic rings. The van der Waals surface area contributed by atoms with Gasteiger partial charge in [0.1, 0.15) is 0 Å². The molecule has 0 heterocycles. The van der Waals surface area contributed by atoms with E-state index in [4.69, 9.17) is 0 Å². The van der Waals surface area contributed by atoms with Crippen LogP contribution in [0.2, 0.25) is 9.26 Å². The van der Waals surface area contributed by atoms with Crippen molar-refractivity contribution in [2.75, 3.05) is 0 Å². The molecule has 3 aromatic carbocycles. The fraction of sp³-hybridized carbons (Fsp3) is 0.405. The maximum absolute atomic E-state index is 3.62. The Bertz CT molecular complexity index is 1580. The Morgan fingerprint density at radius 1 is 0.707 bits per heavy atom. The molecule has 41 heavy (non-hydrogen) atoms. The number of fused-ring (bicyclic) bond motifs is 2. The first kappa shape index (κ1) is 34.3. The van der Waals surface area contributed by atoms with Gasteiger partial charge in [-0.3, -0.25) is 0 Å². The third-order valence-electron chi connectivity index (χ3n) is 9.78. The Labute approximate surface area is 264 Å². The molecule has 3 aromatic rings. The largest absolute Gasteiger partial charge is 0.147 e. The van der Waals surface area contributed by atoms with Gasteiger partial charge in [-0.1, -0.05) is 0 Å². The topological polar surface area (TPSA) is 0 Å². The van der Waals surface area contributed by atoms with Crippen LogP contribution < -0.4 is 0 Å². The SMILES string of the molecule is CC1=Cc2c(-c3ccccc3)ccc(C)c2[CH]1[Zr]([CH3])([CH3])(=[SiH2])[CH]1C(C(C)C)=Cc2c(C(C)C)cc(C(C)C)cc21.Cl.Cl. The van der Waals surface area contributed by atoms with Gasteiger partial charge in [-0.25, -0.2) is 0 Å². The van der Waals surface area contributed by atoms with Gasteiger partial charge in [-0.05, 0) is 0 Å². The number of benzene rings is 3. The summed E-state index contributed by atoms with van der Waals surface area (Å²) in [4.78, 5) is 0. The first-order valence-corrected chi connectivity index (χ1v) is 28.7. The second-order valence-electron chi connectivity index (χ2n) is 14.5. The quantitative estimate of drug-likeness (QED) is 0.227. The fourth-order valence-electron chi connectivity index (χ4n) is 8.01. The number of halogens is 2. The third-order valence-corrected chi connectivity index (χ3v) is 27.3. The fourth-order valence-corrected chi connectivity index (χ4v) is 28.6. The summed E-state index contributed by atoms with van der Waals surface area (Å²) in [7, 11) is 0. The van der Waals surface area contributed by atoms with Crippen molar-refractivity contribution in [1.82, 2.24) is 0 Å². The second kappa shape index (κ2) is 12.1. The van der Waals surface area contributed by atoms with Gasteiger partial charge in [0.15, 0.2) is 0 Å². The van der Waals surface area contributed by atoms with E-state index in [1.54, 1.807) is 33.4 Å². The van der Waals surface area contributed by atoms with Gasteiger partial charge in [0.25, 0.3) is 0 Å². The Balaban J connectivity index is 0.00000231. The molecular weight excluding hydrogens is 635 g/mol. The molecule has 2 aliphatic carbocycles. The van der Waals surface area contributed by atoms with Crippen LogP contribution in [0.25, 0.3) is 23.3 Å². The second-order valence-corrected chi connectivity index (χ2v) is 45.0. The Hall–Kier alpha value is -1.18. The van der Waals surface area contributed by atoms with Crippen LogP contribution in [0.5, 0.6) is 0 Å². The van der Waals surface area contributed by atoms with Crippen molar-refractivity contribution >= 4 is 43.8 Å². The van der Waals surface area contributed by atoms with Crippen LogP contribution in [0.4, 0.5) is 0 Å². The molecule has 2 unspecified atom stereocenters.